The molecule has 5 heteroatoms. The Morgan fingerprint density at radius 1 is 1.13 bits per heavy atom. The van der Waals surface area contributed by atoms with Gasteiger partial charge in [0.2, 0.25) is 0 Å². The summed E-state index contributed by atoms with van der Waals surface area (Å²) in [6.45, 7) is 4.70. The number of amides is 1. The topological polar surface area (TPSA) is 63.5 Å². The molecule has 1 heterocycles. The van der Waals surface area contributed by atoms with Crippen molar-refractivity contribution in [3.63, 3.8) is 0 Å². The standard InChI is InChI=1S/C18H16N2O3/c1-13-5-4-12-19(17-7-3-2-6-16(13)17)18(21)14-8-10-15(11-9-14)20(22)23/h2-3,6-11H,1,4-5,12H2. The van der Waals surface area contributed by atoms with E-state index in [1.54, 1.807) is 4.90 Å². The van der Waals surface area contributed by atoms with E-state index in [-0.39, 0.29) is 11.6 Å². The van der Waals surface area contributed by atoms with Crippen LogP contribution in [0.5, 0.6) is 0 Å². The Kier molecular flexibility index (Phi) is 3.93. The van der Waals surface area contributed by atoms with Crippen LogP contribution in [0.15, 0.2) is 55.1 Å². The van der Waals surface area contributed by atoms with E-state index >= 15 is 0 Å². The van der Waals surface area contributed by atoms with Gasteiger partial charge in [-0.05, 0) is 36.6 Å². The average molecular weight is 308 g/mol. The molecule has 0 aromatic heterocycles. The molecule has 1 aliphatic rings. The number of anilines is 1. The van der Waals surface area contributed by atoms with Crippen LogP contribution in [-0.2, 0) is 0 Å². The number of rotatable bonds is 2. The SMILES string of the molecule is C=C1CCCN(C(=O)c2ccc([N+](=O)[O-])cc2)c2ccccc21. The van der Waals surface area contributed by atoms with Gasteiger partial charge < -0.3 is 4.90 Å². The first kappa shape index (κ1) is 15.0. The summed E-state index contributed by atoms with van der Waals surface area (Å²) in [6, 6.07) is 13.4. The van der Waals surface area contributed by atoms with Gasteiger partial charge in [0.1, 0.15) is 0 Å². The third-order valence-corrected chi connectivity index (χ3v) is 4.01. The van der Waals surface area contributed by atoms with Gasteiger partial charge in [0.25, 0.3) is 11.6 Å². The summed E-state index contributed by atoms with van der Waals surface area (Å²) in [6.07, 6.45) is 1.69. The van der Waals surface area contributed by atoms with E-state index in [2.05, 4.69) is 6.58 Å². The highest BCUT2D eigenvalue weighted by Gasteiger charge is 2.23. The van der Waals surface area contributed by atoms with Crippen molar-refractivity contribution in [2.24, 2.45) is 0 Å². The lowest BCUT2D eigenvalue weighted by Gasteiger charge is -2.23. The van der Waals surface area contributed by atoms with Crippen LogP contribution in [0.1, 0.15) is 28.8 Å². The summed E-state index contributed by atoms with van der Waals surface area (Å²) in [4.78, 5) is 24.8. The molecule has 2 aromatic rings. The van der Waals surface area contributed by atoms with Crippen molar-refractivity contribution in [2.75, 3.05) is 11.4 Å². The maximum atomic E-state index is 12.8. The first-order valence-electron chi connectivity index (χ1n) is 7.41. The van der Waals surface area contributed by atoms with Crippen LogP contribution < -0.4 is 4.90 Å². The first-order chi connectivity index (χ1) is 11.1. The van der Waals surface area contributed by atoms with E-state index in [0.717, 1.165) is 29.7 Å². The van der Waals surface area contributed by atoms with Crippen LogP contribution in [0.3, 0.4) is 0 Å². The maximum Gasteiger partial charge on any atom is 0.269 e. The summed E-state index contributed by atoms with van der Waals surface area (Å²) >= 11 is 0. The molecular weight excluding hydrogens is 292 g/mol. The van der Waals surface area contributed by atoms with Gasteiger partial charge >= 0.3 is 0 Å². The molecule has 0 aliphatic carbocycles. The number of hydrogen-bond acceptors (Lipinski definition) is 3. The summed E-state index contributed by atoms with van der Waals surface area (Å²) < 4.78 is 0. The number of fused-ring (bicyclic) bond motifs is 1. The second-order valence-corrected chi connectivity index (χ2v) is 5.49. The van der Waals surface area contributed by atoms with Crippen LogP contribution in [0.25, 0.3) is 5.57 Å². The van der Waals surface area contributed by atoms with Gasteiger partial charge in [-0.2, -0.15) is 0 Å². The molecule has 116 valence electrons. The zero-order valence-corrected chi connectivity index (χ0v) is 12.6. The number of hydrogen-bond donors (Lipinski definition) is 0. The van der Waals surface area contributed by atoms with Gasteiger partial charge in [-0.3, -0.25) is 14.9 Å². The molecule has 0 bridgehead atoms. The predicted octanol–water partition coefficient (Wildman–Crippen LogP) is 4.05. The van der Waals surface area contributed by atoms with Gasteiger partial charge in [0.05, 0.1) is 10.6 Å². The van der Waals surface area contributed by atoms with E-state index in [0.29, 0.717) is 12.1 Å². The molecule has 2 aromatic carbocycles. The van der Waals surface area contributed by atoms with E-state index in [9.17, 15) is 14.9 Å². The Morgan fingerprint density at radius 2 is 1.83 bits per heavy atom. The summed E-state index contributed by atoms with van der Waals surface area (Å²) in [7, 11) is 0. The first-order valence-corrected chi connectivity index (χ1v) is 7.41. The summed E-state index contributed by atoms with van der Waals surface area (Å²) in [5.74, 6) is -0.151. The van der Waals surface area contributed by atoms with E-state index in [1.807, 2.05) is 24.3 Å². The number of allylic oxidation sites excluding steroid dienone is 1. The molecule has 0 saturated heterocycles. The fourth-order valence-electron chi connectivity index (χ4n) is 2.81. The normalized spacial score (nSPS) is 14.1. The summed E-state index contributed by atoms with van der Waals surface area (Å²) in [5.41, 5.74) is 3.28. The molecular formula is C18H16N2O3. The van der Waals surface area contributed by atoms with Crippen LogP contribution in [0, 0.1) is 10.1 Å². The van der Waals surface area contributed by atoms with Crippen molar-refractivity contribution >= 4 is 22.9 Å². The quantitative estimate of drug-likeness (QED) is 0.621. The van der Waals surface area contributed by atoms with Crippen LogP contribution in [0.2, 0.25) is 0 Å². The number of nitro groups is 1. The van der Waals surface area contributed by atoms with Crippen molar-refractivity contribution in [1.82, 2.24) is 0 Å². The molecule has 0 N–H and O–H groups in total. The Balaban J connectivity index is 1.97. The summed E-state index contributed by atoms with van der Waals surface area (Å²) in [5, 5.41) is 10.7. The number of benzene rings is 2. The van der Waals surface area contributed by atoms with Gasteiger partial charge in [-0.1, -0.05) is 24.8 Å². The van der Waals surface area contributed by atoms with Crippen molar-refractivity contribution in [1.29, 1.82) is 0 Å². The Labute approximate surface area is 134 Å². The predicted molar refractivity (Wildman–Crippen MR) is 89.5 cm³/mol. The molecule has 3 rings (SSSR count). The van der Waals surface area contributed by atoms with Gasteiger partial charge in [-0.25, -0.2) is 0 Å². The molecule has 0 saturated carbocycles. The van der Waals surface area contributed by atoms with Crippen molar-refractivity contribution in [3.05, 3.63) is 76.4 Å². The molecule has 0 spiro atoms. The average Bonchev–Trinajstić information content (AvgIpc) is 2.74. The highest BCUT2D eigenvalue weighted by atomic mass is 16.6. The van der Waals surface area contributed by atoms with Crippen molar-refractivity contribution in [2.45, 2.75) is 12.8 Å². The number of carbonyl (C=O) groups excluding carboxylic acids is 1. The van der Waals surface area contributed by atoms with Crippen LogP contribution >= 0.6 is 0 Å². The van der Waals surface area contributed by atoms with Gasteiger partial charge in [0, 0.05) is 29.8 Å². The molecule has 0 radical (unpaired) electrons. The molecule has 1 aliphatic heterocycles. The molecule has 5 nitrogen and oxygen atoms in total. The molecule has 1 amide bonds. The third-order valence-electron chi connectivity index (χ3n) is 4.01. The van der Waals surface area contributed by atoms with Crippen LogP contribution in [-0.4, -0.2) is 17.4 Å². The minimum absolute atomic E-state index is 0.0220. The van der Waals surface area contributed by atoms with E-state index < -0.39 is 4.92 Å². The van der Waals surface area contributed by atoms with Crippen molar-refractivity contribution < 1.29 is 9.72 Å². The number of non-ortho nitro benzene ring substituents is 1. The third kappa shape index (κ3) is 2.85. The minimum Gasteiger partial charge on any atom is -0.308 e. The number of nitro benzene ring substituents is 1. The highest BCUT2D eigenvalue weighted by molar-refractivity contribution is 6.07. The minimum atomic E-state index is -0.473. The van der Waals surface area contributed by atoms with Crippen LogP contribution in [0.4, 0.5) is 11.4 Å². The maximum absolute atomic E-state index is 12.8. The fourth-order valence-corrected chi connectivity index (χ4v) is 2.81. The van der Waals surface area contributed by atoms with E-state index in [1.165, 1.54) is 24.3 Å². The molecule has 0 fully saturated rings. The number of nitrogens with zero attached hydrogens (tertiary/aromatic N) is 2. The fraction of sp³-hybridized carbons (Fsp3) is 0.167. The van der Waals surface area contributed by atoms with Gasteiger partial charge in [-0.15, -0.1) is 0 Å². The zero-order chi connectivity index (χ0) is 16.4. The van der Waals surface area contributed by atoms with Crippen molar-refractivity contribution in [3.8, 4) is 0 Å². The smallest absolute Gasteiger partial charge is 0.269 e. The van der Waals surface area contributed by atoms with E-state index in [4.69, 9.17) is 0 Å². The molecule has 23 heavy (non-hydrogen) atoms. The number of carbonyl (C=O) groups is 1. The lowest BCUT2D eigenvalue weighted by atomic mass is 10.0. The lowest BCUT2D eigenvalue weighted by Crippen LogP contribution is -2.31. The molecule has 0 unspecified atom stereocenters. The number of para-hydroxylation sites is 1. The second kappa shape index (κ2) is 6.04. The largest absolute Gasteiger partial charge is 0.308 e. The Hall–Kier alpha value is -2.95. The monoisotopic (exact) mass is 308 g/mol. The van der Waals surface area contributed by atoms with Gasteiger partial charge in [0.15, 0.2) is 0 Å². The second-order valence-electron chi connectivity index (χ2n) is 5.49. The lowest BCUT2D eigenvalue weighted by molar-refractivity contribution is -0.384. The Bertz CT molecular complexity index is 781. The Morgan fingerprint density at radius 3 is 2.52 bits per heavy atom. The highest BCUT2D eigenvalue weighted by Crippen LogP contribution is 2.33. The zero-order valence-electron chi connectivity index (χ0n) is 12.6. The molecule has 0 atom stereocenters.